The summed E-state index contributed by atoms with van der Waals surface area (Å²) in [6, 6.07) is 8.47. The maximum absolute atomic E-state index is 5.11. The van der Waals surface area contributed by atoms with Gasteiger partial charge >= 0.3 is 0 Å². The monoisotopic (exact) mass is 234 g/mol. The van der Waals surface area contributed by atoms with Crippen molar-refractivity contribution in [1.82, 2.24) is 0 Å². The van der Waals surface area contributed by atoms with Gasteiger partial charge in [0.2, 0.25) is 0 Å². The van der Waals surface area contributed by atoms with Gasteiger partial charge in [-0.1, -0.05) is 31.4 Å². The molecular formula is C13H18N2S. The standard InChI is InChI=1S/C13H18N2S/c14-15-10-11-6-8-13(9-7-11)16-12-4-2-1-3-5-12/h6-10,12H,1-5,14H2. The lowest BCUT2D eigenvalue weighted by Crippen LogP contribution is -2.07. The van der Waals surface area contributed by atoms with Crippen molar-refractivity contribution in [3.8, 4) is 0 Å². The van der Waals surface area contributed by atoms with Crippen LogP contribution in [0.4, 0.5) is 0 Å². The van der Waals surface area contributed by atoms with Crippen molar-refractivity contribution in [2.24, 2.45) is 10.9 Å². The van der Waals surface area contributed by atoms with Crippen molar-refractivity contribution in [2.45, 2.75) is 42.2 Å². The topological polar surface area (TPSA) is 38.4 Å². The van der Waals surface area contributed by atoms with Crippen molar-refractivity contribution in [3.05, 3.63) is 29.8 Å². The van der Waals surface area contributed by atoms with E-state index in [-0.39, 0.29) is 0 Å². The third-order valence-corrected chi connectivity index (χ3v) is 4.31. The van der Waals surface area contributed by atoms with Crippen LogP contribution < -0.4 is 5.84 Å². The van der Waals surface area contributed by atoms with Crippen molar-refractivity contribution in [3.63, 3.8) is 0 Å². The summed E-state index contributed by atoms with van der Waals surface area (Å²) in [4.78, 5) is 1.36. The molecule has 0 spiro atoms. The lowest BCUT2D eigenvalue weighted by atomic mass is 10.0. The second kappa shape index (κ2) is 5.94. The van der Waals surface area contributed by atoms with E-state index in [9.17, 15) is 0 Å². The van der Waals surface area contributed by atoms with Crippen LogP contribution >= 0.6 is 11.8 Å². The van der Waals surface area contributed by atoms with Gasteiger partial charge in [0, 0.05) is 10.1 Å². The highest BCUT2D eigenvalue weighted by molar-refractivity contribution is 8.00. The molecule has 0 heterocycles. The van der Waals surface area contributed by atoms with Crippen LogP contribution in [0.1, 0.15) is 37.7 Å². The molecule has 1 aromatic rings. The van der Waals surface area contributed by atoms with Gasteiger partial charge in [-0.25, -0.2) is 0 Å². The van der Waals surface area contributed by atoms with Gasteiger partial charge in [-0.15, -0.1) is 11.8 Å². The third kappa shape index (κ3) is 3.27. The van der Waals surface area contributed by atoms with E-state index in [2.05, 4.69) is 29.4 Å². The molecular weight excluding hydrogens is 216 g/mol. The minimum absolute atomic E-state index is 0.822. The van der Waals surface area contributed by atoms with E-state index in [1.807, 2.05) is 11.8 Å². The molecule has 1 aliphatic carbocycles. The summed E-state index contributed by atoms with van der Waals surface area (Å²) in [6.07, 6.45) is 8.64. The summed E-state index contributed by atoms with van der Waals surface area (Å²) in [6.45, 7) is 0. The second-order valence-corrected chi connectivity index (χ2v) is 5.60. The van der Waals surface area contributed by atoms with Crippen LogP contribution in [-0.4, -0.2) is 11.5 Å². The molecule has 16 heavy (non-hydrogen) atoms. The summed E-state index contributed by atoms with van der Waals surface area (Å²) >= 11 is 2.02. The van der Waals surface area contributed by atoms with E-state index in [1.54, 1.807) is 6.21 Å². The molecule has 3 heteroatoms. The number of nitrogens with two attached hydrogens (primary N) is 1. The minimum Gasteiger partial charge on any atom is -0.323 e. The van der Waals surface area contributed by atoms with E-state index >= 15 is 0 Å². The van der Waals surface area contributed by atoms with Gasteiger partial charge in [-0.2, -0.15) is 5.10 Å². The molecule has 1 aromatic carbocycles. The van der Waals surface area contributed by atoms with Gasteiger partial charge in [-0.05, 0) is 30.5 Å². The molecule has 0 unspecified atom stereocenters. The molecule has 0 radical (unpaired) electrons. The maximum Gasteiger partial charge on any atom is 0.0538 e. The van der Waals surface area contributed by atoms with Gasteiger partial charge in [-0.3, -0.25) is 0 Å². The van der Waals surface area contributed by atoms with Gasteiger partial charge < -0.3 is 5.84 Å². The summed E-state index contributed by atoms with van der Waals surface area (Å²) in [5.41, 5.74) is 1.07. The fourth-order valence-electron chi connectivity index (χ4n) is 2.09. The molecule has 0 aromatic heterocycles. The Morgan fingerprint density at radius 2 is 1.81 bits per heavy atom. The molecule has 1 saturated carbocycles. The molecule has 1 aliphatic rings. The van der Waals surface area contributed by atoms with Gasteiger partial charge in [0.1, 0.15) is 0 Å². The zero-order valence-corrected chi connectivity index (χ0v) is 10.2. The number of benzene rings is 1. The maximum atomic E-state index is 5.11. The molecule has 2 N–H and O–H groups in total. The van der Waals surface area contributed by atoms with Gasteiger partial charge in [0.15, 0.2) is 0 Å². The molecule has 0 atom stereocenters. The fraction of sp³-hybridized carbons (Fsp3) is 0.462. The summed E-state index contributed by atoms with van der Waals surface area (Å²) in [5.74, 6) is 5.11. The highest BCUT2D eigenvalue weighted by Gasteiger charge is 2.14. The molecule has 2 rings (SSSR count). The molecule has 2 nitrogen and oxygen atoms in total. The molecule has 0 aliphatic heterocycles. The number of hydrazone groups is 1. The Morgan fingerprint density at radius 1 is 1.12 bits per heavy atom. The Bertz CT molecular complexity index is 339. The number of rotatable bonds is 3. The highest BCUT2D eigenvalue weighted by atomic mass is 32.2. The van der Waals surface area contributed by atoms with Crippen LogP contribution in [0, 0.1) is 0 Å². The summed E-state index contributed by atoms with van der Waals surface area (Å²) < 4.78 is 0. The van der Waals surface area contributed by atoms with Gasteiger partial charge in [0.25, 0.3) is 0 Å². The Labute approximate surface area is 101 Å². The first-order valence-corrected chi connectivity index (χ1v) is 6.76. The molecule has 0 saturated heterocycles. The molecule has 0 amide bonds. The van der Waals surface area contributed by atoms with Crippen LogP contribution in [0.2, 0.25) is 0 Å². The van der Waals surface area contributed by atoms with Crippen molar-refractivity contribution < 1.29 is 0 Å². The first-order valence-electron chi connectivity index (χ1n) is 5.88. The predicted octanol–water partition coefficient (Wildman–Crippen LogP) is 3.40. The van der Waals surface area contributed by atoms with E-state index < -0.39 is 0 Å². The number of nitrogens with zero attached hydrogens (tertiary/aromatic N) is 1. The first kappa shape index (κ1) is 11.5. The van der Waals surface area contributed by atoms with Crippen LogP contribution in [0.5, 0.6) is 0 Å². The lowest BCUT2D eigenvalue weighted by molar-refractivity contribution is 0.516. The number of hydrogen-bond donors (Lipinski definition) is 1. The van der Waals surface area contributed by atoms with E-state index in [4.69, 9.17) is 5.84 Å². The zero-order chi connectivity index (χ0) is 11.2. The normalized spacial score (nSPS) is 18.0. The van der Waals surface area contributed by atoms with Crippen LogP contribution in [0.25, 0.3) is 0 Å². The molecule has 0 bridgehead atoms. The minimum atomic E-state index is 0.822. The van der Waals surface area contributed by atoms with Crippen LogP contribution in [-0.2, 0) is 0 Å². The Kier molecular flexibility index (Phi) is 4.28. The smallest absolute Gasteiger partial charge is 0.0538 e. The average Bonchev–Trinajstić information content (AvgIpc) is 2.33. The Hall–Kier alpha value is -0.960. The first-order chi connectivity index (χ1) is 7.88. The van der Waals surface area contributed by atoms with Crippen LogP contribution in [0.15, 0.2) is 34.3 Å². The largest absolute Gasteiger partial charge is 0.323 e. The molecule has 1 fully saturated rings. The fourth-order valence-corrected chi connectivity index (χ4v) is 3.34. The van der Waals surface area contributed by atoms with Crippen molar-refractivity contribution in [2.75, 3.05) is 0 Å². The Morgan fingerprint density at radius 3 is 2.44 bits per heavy atom. The third-order valence-electron chi connectivity index (χ3n) is 2.96. The van der Waals surface area contributed by atoms with E-state index in [0.29, 0.717) is 0 Å². The highest BCUT2D eigenvalue weighted by Crippen LogP contribution is 2.33. The lowest BCUT2D eigenvalue weighted by Gasteiger charge is -2.20. The second-order valence-electron chi connectivity index (χ2n) is 4.23. The summed E-state index contributed by atoms with van der Waals surface area (Å²) in [7, 11) is 0. The van der Waals surface area contributed by atoms with E-state index in [1.165, 1.54) is 37.0 Å². The zero-order valence-electron chi connectivity index (χ0n) is 9.43. The molecule has 86 valence electrons. The van der Waals surface area contributed by atoms with Crippen molar-refractivity contribution >= 4 is 18.0 Å². The predicted molar refractivity (Wildman–Crippen MR) is 71.0 cm³/mol. The number of hydrogen-bond acceptors (Lipinski definition) is 3. The Balaban J connectivity index is 1.93. The van der Waals surface area contributed by atoms with Gasteiger partial charge in [0.05, 0.1) is 6.21 Å². The summed E-state index contributed by atoms with van der Waals surface area (Å²) in [5, 5.41) is 4.34. The van der Waals surface area contributed by atoms with Crippen molar-refractivity contribution in [1.29, 1.82) is 0 Å². The SMILES string of the molecule is NN=Cc1ccc(SC2CCCCC2)cc1. The van der Waals surface area contributed by atoms with E-state index in [0.717, 1.165) is 10.8 Å². The number of thioether (sulfide) groups is 1. The average molecular weight is 234 g/mol. The quantitative estimate of drug-likeness (QED) is 0.494. The van der Waals surface area contributed by atoms with Crippen LogP contribution in [0.3, 0.4) is 0 Å².